The summed E-state index contributed by atoms with van der Waals surface area (Å²) in [5.41, 5.74) is -4.40. The summed E-state index contributed by atoms with van der Waals surface area (Å²) in [6.45, 7) is 0. The molecule has 0 amide bonds. The molecule has 0 aliphatic carbocycles. The van der Waals surface area contributed by atoms with Crippen molar-refractivity contribution in [3.63, 3.8) is 0 Å². The Hall–Kier alpha value is -1.68. The fourth-order valence-electron chi connectivity index (χ4n) is 1.04. The topological polar surface area (TPSA) is 22.1 Å². The molecule has 0 saturated heterocycles. The van der Waals surface area contributed by atoms with Crippen molar-refractivity contribution in [1.29, 1.82) is 0 Å². The first-order valence-corrected chi connectivity index (χ1v) is 4.23. The third-order valence-electron chi connectivity index (χ3n) is 1.69. The van der Waals surface area contributed by atoms with Gasteiger partial charge in [0, 0.05) is 6.07 Å². The van der Waals surface area contributed by atoms with Gasteiger partial charge in [-0.25, -0.2) is 18.2 Å². The minimum Gasteiger partial charge on any atom is -0.388 e. The zero-order chi connectivity index (χ0) is 15.0. The molecule has 0 saturated carbocycles. The number of halogens is 9. The number of alkyl halides is 8. The molecule has 0 radical (unpaired) electrons. The minimum absolute atomic E-state index is 0.247. The van der Waals surface area contributed by atoms with Crippen LogP contribution in [0.25, 0.3) is 0 Å². The molecular weight excluding hydrogens is 297 g/mol. The molecule has 1 heterocycles. The summed E-state index contributed by atoms with van der Waals surface area (Å²) >= 11 is 0. The number of aromatic nitrogens is 1. The summed E-state index contributed by atoms with van der Waals surface area (Å²) in [6, 6.07) is -0.247. The van der Waals surface area contributed by atoms with Gasteiger partial charge in [-0.2, -0.15) is 13.2 Å². The molecule has 0 N–H and O–H groups in total. The Kier molecular flexibility index (Phi) is 3.87. The first-order chi connectivity index (χ1) is 8.42. The highest BCUT2D eigenvalue weighted by atomic mass is 19.4. The van der Waals surface area contributed by atoms with E-state index in [2.05, 4.69) is 9.72 Å². The Morgan fingerprint density at radius 3 is 1.95 bits per heavy atom. The maximum absolute atomic E-state index is 13.0. The standard InChI is InChI=1S/C8H2F9NO/c9-4-2(6(10)11)1-3(19-8(15,16)17)18-5(4)7(12,13)14/h1,6H. The van der Waals surface area contributed by atoms with Gasteiger partial charge in [-0.05, 0) is 0 Å². The van der Waals surface area contributed by atoms with Crippen LogP contribution in [-0.4, -0.2) is 11.3 Å². The second kappa shape index (κ2) is 4.78. The third kappa shape index (κ3) is 3.89. The Bertz CT molecular complexity index is 465. The molecule has 11 heteroatoms. The van der Waals surface area contributed by atoms with Gasteiger partial charge >= 0.3 is 12.5 Å². The fourth-order valence-corrected chi connectivity index (χ4v) is 1.04. The number of hydrogen-bond acceptors (Lipinski definition) is 2. The van der Waals surface area contributed by atoms with Crippen LogP contribution in [0.2, 0.25) is 0 Å². The third-order valence-corrected chi connectivity index (χ3v) is 1.69. The van der Waals surface area contributed by atoms with E-state index in [1.807, 2.05) is 0 Å². The van der Waals surface area contributed by atoms with Gasteiger partial charge in [-0.15, -0.1) is 13.2 Å². The Morgan fingerprint density at radius 2 is 1.58 bits per heavy atom. The SMILES string of the molecule is Fc1c(C(F)F)cc(OC(F)(F)F)nc1C(F)(F)F. The highest BCUT2D eigenvalue weighted by molar-refractivity contribution is 5.29. The molecule has 0 aliphatic heterocycles. The molecular formula is C8H2F9NO. The quantitative estimate of drug-likeness (QED) is 0.768. The fraction of sp³-hybridized carbons (Fsp3) is 0.375. The van der Waals surface area contributed by atoms with Gasteiger partial charge in [0.25, 0.3) is 6.43 Å². The van der Waals surface area contributed by atoms with Gasteiger partial charge in [0.15, 0.2) is 11.5 Å². The lowest BCUT2D eigenvalue weighted by Gasteiger charge is -2.14. The Balaban J connectivity index is 3.40. The maximum Gasteiger partial charge on any atom is 0.574 e. The first-order valence-electron chi connectivity index (χ1n) is 4.23. The van der Waals surface area contributed by atoms with Crippen molar-refractivity contribution in [2.45, 2.75) is 19.0 Å². The van der Waals surface area contributed by atoms with Crippen molar-refractivity contribution in [3.05, 3.63) is 23.1 Å². The smallest absolute Gasteiger partial charge is 0.388 e. The monoisotopic (exact) mass is 299 g/mol. The summed E-state index contributed by atoms with van der Waals surface area (Å²) in [6.07, 6.45) is -14.8. The number of rotatable bonds is 2. The number of nitrogens with zero attached hydrogens (tertiary/aromatic N) is 1. The van der Waals surface area contributed by atoms with E-state index in [0.29, 0.717) is 0 Å². The molecule has 1 aromatic heterocycles. The molecule has 0 fully saturated rings. The van der Waals surface area contributed by atoms with Crippen LogP contribution in [-0.2, 0) is 6.18 Å². The molecule has 108 valence electrons. The lowest BCUT2D eigenvalue weighted by Crippen LogP contribution is -2.21. The largest absolute Gasteiger partial charge is 0.574 e. The van der Waals surface area contributed by atoms with E-state index in [1.54, 1.807) is 0 Å². The van der Waals surface area contributed by atoms with Gasteiger partial charge in [0.1, 0.15) is 0 Å². The van der Waals surface area contributed by atoms with Crippen LogP contribution in [0.3, 0.4) is 0 Å². The first kappa shape index (κ1) is 15.4. The Morgan fingerprint density at radius 1 is 1.05 bits per heavy atom. The van der Waals surface area contributed by atoms with E-state index < -0.39 is 41.9 Å². The number of ether oxygens (including phenoxy) is 1. The Labute approximate surface area is 98.3 Å². The van der Waals surface area contributed by atoms with Crippen molar-refractivity contribution in [1.82, 2.24) is 4.98 Å². The summed E-state index contributed by atoms with van der Waals surface area (Å²) in [7, 11) is 0. The predicted octanol–water partition coefficient (Wildman–Crippen LogP) is 4.08. The number of hydrogen-bond donors (Lipinski definition) is 0. The van der Waals surface area contributed by atoms with E-state index in [-0.39, 0.29) is 6.07 Å². The predicted molar refractivity (Wildman–Crippen MR) is 40.8 cm³/mol. The lowest BCUT2D eigenvalue weighted by molar-refractivity contribution is -0.276. The van der Waals surface area contributed by atoms with Crippen molar-refractivity contribution in [2.24, 2.45) is 0 Å². The van der Waals surface area contributed by atoms with Gasteiger partial charge < -0.3 is 4.74 Å². The summed E-state index contributed by atoms with van der Waals surface area (Å²) in [4.78, 5) is 2.20. The second-order valence-corrected chi connectivity index (χ2v) is 3.06. The molecule has 1 rings (SSSR count). The van der Waals surface area contributed by atoms with Crippen LogP contribution in [0.15, 0.2) is 6.07 Å². The maximum atomic E-state index is 13.0. The van der Waals surface area contributed by atoms with E-state index in [0.717, 1.165) is 0 Å². The molecule has 0 aromatic carbocycles. The van der Waals surface area contributed by atoms with Crippen LogP contribution in [0.4, 0.5) is 39.5 Å². The van der Waals surface area contributed by atoms with Gasteiger partial charge in [-0.1, -0.05) is 0 Å². The summed E-state index contributed by atoms with van der Waals surface area (Å²) in [5.74, 6) is -4.27. The van der Waals surface area contributed by atoms with Crippen LogP contribution >= 0.6 is 0 Å². The van der Waals surface area contributed by atoms with E-state index >= 15 is 0 Å². The normalized spacial score (nSPS) is 12.9. The van der Waals surface area contributed by atoms with Crippen molar-refractivity contribution in [2.75, 3.05) is 0 Å². The van der Waals surface area contributed by atoms with E-state index in [4.69, 9.17) is 0 Å². The molecule has 0 aliphatic rings. The minimum atomic E-state index is -5.54. The van der Waals surface area contributed by atoms with Crippen molar-refractivity contribution < 1.29 is 44.3 Å². The van der Waals surface area contributed by atoms with Crippen LogP contribution in [0.5, 0.6) is 5.88 Å². The zero-order valence-corrected chi connectivity index (χ0v) is 8.41. The van der Waals surface area contributed by atoms with Crippen LogP contribution in [0, 0.1) is 5.82 Å². The second-order valence-electron chi connectivity index (χ2n) is 3.06. The van der Waals surface area contributed by atoms with Gasteiger partial charge in [0.2, 0.25) is 5.88 Å². The summed E-state index contributed by atoms with van der Waals surface area (Å²) in [5, 5.41) is 0. The molecule has 0 atom stereocenters. The van der Waals surface area contributed by atoms with Crippen molar-refractivity contribution >= 4 is 0 Å². The molecule has 1 aromatic rings. The molecule has 19 heavy (non-hydrogen) atoms. The van der Waals surface area contributed by atoms with Gasteiger partial charge in [-0.3, -0.25) is 0 Å². The lowest BCUT2D eigenvalue weighted by atomic mass is 10.2. The molecule has 0 bridgehead atoms. The van der Waals surface area contributed by atoms with E-state index in [9.17, 15) is 39.5 Å². The van der Waals surface area contributed by atoms with Crippen LogP contribution in [0.1, 0.15) is 17.7 Å². The van der Waals surface area contributed by atoms with Gasteiger partial charge in [0.05, 0.1) is 5.56 Å². The average Bonchev–Trinajstić information content (AvgIpc) is 2.16. The average molecular weight is 299 g/mol. The van der Waals surface area contributed by atoms with E-state index in [1.165, 1.54) is 0 Å². The molecule has 2 nitrogen and oxygen atoms in total. The summed E-state index contributed by atoms with van der Waals surface area (Å²) < 4.78 is 112. The highest BCUT2D eigenvalue weighted by Gasteiger charge is 2.41. The zero-order valence-electron chi connectivity index (χ0n) is 8.41. The highest BCUT2D eigenvalue weighted by Crippen LogP contribution is 2.36. The van der Waals surface area contributed by atoms with Crippen molar-refractivity contribution in [3.8, 4) is 5.88 Å². The molecule has 0 spiro atoms. The van der Waals surface area contributed by atoms with Crippen LogP contribution < -0.4 is 4.74 Å². The molecule has 0 unspecified atom stereocenters. The number of pyridine rings is 1.